The molecule has 0 spiro atoms. The summed E-state index contributed by atoms with van der Waals surface area (Å²) in [5.41, 5.74) is 7.22. The molecule has 4 heteroatoms. The number of hydrogen-bond acceptors (Lipinski definition) is 3. The van der Waals surface area contributed by atoms with Gasteiger partial charge < -0.3 is 11.1 Å². The number of rotatable bonds is 6. The van der Waals surface area contributed by atoms with Crippen molar-refractivity contribution in [1.82, 2.24) is 5.32 Å². The molecule has 0 aliphatic heterocycles. The summed E-state index contributed by atoms with van der Waals surface area (Å²) in [5.74, 6) is -0.367. The molecular weight excluding hydrogens is 316 g/mol. The third-order valence-electron chi connectivity index (χ3n) is 4.34. The van der Waals surface area contributed by atoms with Crippen molar-refractivity contribution in [2.24, 2.45) is 5.73 Å². The van der Waals surface area contributed by atoms with Crippen molar-refractivity contribution in [2.75, 3.05) is 6.54 Å². The third kappa shape index (κ3) is 3.66. The summed E-state index contributed by atoms with van der Waals surface area (Å²) < 4.78 is 0. The van der Waals surface area contributed by atoms with E-state index in [-0.39, 0.29) is 11.3 Å². The minimum Gasteiger partial charge on any atom is -0.366 e. The first-order chi connectivity index (χ1) is 11.5. The number of primary amides is 1. The number of benzene rings is 2. The number of nitrogens with two attached hydrogens (primary N) is 1. The van der Waals surface area contributed by atoms with Crippen molar-refractivity contribution < 1.29 is 4.79 Å². The number of fused-ring (bicyclic) bond motifs is 1. The molecule has 124 valence electrons. The van der Waals surface area contributed by atoms with Crippen LogP contribution in [0.3, 0.4) is 0 Å². The van der Waals surface area contributed by atoms with Gasteiger partial charge in [-0.2, -0.15) is 0 Å². The molecule has 0 aliphatic carbocycles. The minimum absolute atomic E-state index is 0.0216. The van der Waals surface area contributed by atoms with Gasteiger partial charge in [0.05, 0.1) is 5.56 Å². The Morgan fingerprint density at radius 3 is 2.58 bits per heavy atom. The molecule has 0 unspecified atom stereocenters. The van der Waals surface area contributed by atoms with Crippen molar-refractivity contribution in [3.05, 3.63) is 69.9 Å². The molecule has 1 amide bonds. The number of nitrogens with one attached hydrogen (secondary N) is 1. The molecule has 3 aromatic rings. The summed E-state index contributed by atoms with van der Waals surface area (Å²) in [5, 5.41) is 7.85. The van der Waals surface area contributed by atoms with Crippen molar-refractivity contribution in [2.45, 2.75) is 25.8 Å². The van der Waals surface area contributed by atoms with E-state index in [0.29, 0.717) is 5.56 Å². The highest BCUT2D eigenvalue weighted by Gasteiger charge is 2.20. The van der Waals surface area contributed by atoms with Gasteiger partial charge in [0.15, 0.2) is 0 Å². The van der Waals surface area contributed by atoms with Crippen LogP contribution in [0.1, 0.15) is 34.6 Å². The maximum absolute atomic E-state index is 11.1. The molecule has 3 nitrogen and oxygen atoms in total. The molecule has 1 heterocycles. The van der Waals surface area contributed by atoms with Crippen LogP contribution in [-0.2, 0) is 12.0 Å². The van der Waals surface area contributed by atoms with Crippen molar-refractivity contribution >= 4 is 28.0 Å². The van der Waals surface area contributed by atoms with Crippen LogP contribution >= 0.6 is 11.3 Å². The van der Waals surface area contributed by atoms with Gasteiger partial charge in [0.2, 0.25) is 5.91 Å². The van der Waals surface area contributed by atoms with Gasteiger partial charge in [-0.15, -0.1) is 11.3 Å². The van der Waals surface area contributed by atoms with E-state index in [1.54, 1.807) is 11.3 Å². The highest BCUT2D eigenvalue weighted by atomic mass is 32.1. The second-order valence-corrected chi connectivity index (χ2v) is 7.71. The average molecular weight is 338 g/mol. The number of carbonyl (C=O) groups is 1. The quantitative estimate of drug-likeness (QED) is 0.712. The Labute approximate surface area is 146 Å². The molecule has 0 saturated heterocycles. The van der Waals surface area contributed by atoms with Gasteiger partial charge >= 0.3 is 0 Å². The zero-order valence-corrected chi connectivity index (χ0v) is 14.8. The van der Waals surface area contributed by atoms with Crippen LogP contribution < -0.4 is 11.1 Å². The molecule has 1 aromatic heterocycles. The lowest BCUT2D eigenvalue weighted by Gasteiger charge is -2.26. The average Bonchev–Trinajstić information content (AvgIpc) is 3.03. The second kappa shape index (κ2) is 6.75. The number of carbonyl (C=O) groups excluding carboxylic acids is 1. The first-order valence-corrected chi connectivity index (χ1v) is 8.91. The predicted octanol–water partition coefficient (Wildman–Crippen LogP) is 4.07. The summed E-state index contributed by atoms with van der Waals surface area (Å²) in [6.45, 7) is 6.09. The maximum Gasteiger partial charge on any atom is 0.249 e. The van der Waals surface area contributed by atoms with E-state index in [2.05, 4.69) is 61.6 Å². The Morgan fingerprint density at radius 2 is 1.88 bits per heavy atom. The van der Waals surface area contributed by atoms with E-state index < -0.39 is 0 Å². The molecule has 0 saturated carbocycles. The standard InChI is InChI=1S/C20H22N2OS/c1-20(2,13-22-11-18-10-16(12-24-18)19(21)23)17-8-7-14-5-3-4-6-15(14)9-17/h3-10,12,22H,11,13H2,1-2H3,(H2,21,23). The van der Waals surface area contributed by atoms with Crippen LogP contribution in [0.2, 0.25) is 0 Å². The summed E-state index contributed by atoms with van der Waals surface area (Å²) in [4.78, 5) is 12.3. The van der Waals surface area contributed by atoms with E-state index in [1.165, 1.54) is 16.3 Å². The van der Waals surface area contributed by atoms with Gasteiger partial charge in [0.25, 0.3) is 0 Å². The lowest BCUT2D eigenvalue weighted by Crippen LogP contribution is -2.32. The molecule has 0 aliphatic rings. The van der Waals surface area contributed by atoms with Crippen molar-refractivity contribution in [3.63, 3.8) is 0 Å². The van der Waals surface area contributed by atoms with Crippen LogP contribution in [0.15, 0.2) is 53.9 Å². The highest BCUT2D eigenvalue weighted by Crippen LogP contribution is 2.26. The summed E-state index contributed by atoms with van der Waals surface area (Å²) in [6, 6.07) is 17.0. The zero-order chi connectivity index (χ0) is 17.2. The lowest BCUT2D eigenvalue weighted by atomic mass is 9.83. The summed E-state index contributed by atoms with van der Waals surface area (Å²) in [7, 11) is 0. The molecule has 0 bridgehead atoms. The van der Waals surface area contributed by atoms with Gasteiger partial charge in [0, 0.05) is 28.8 Å². The van der Waals surface area contributed by atoms with Gasteiger partial charge in [-0.25, -0.2) is 0 Å². The second-order valence-electron chi connectivity index (χ2n) is 6.72. The van der Waals surface area contributed by atoms with Crippen LogP contribution in [0.4, 0.5) is 0 Å². The first-order valence-electron chi connectivity index (χ1n) is 8.03. The SMILES string of the molecule is CC(C)(CNCc1cc(C(N)=O)cs1)c1ccc2ccccc2c1. The van der Waals surface area contributed by atoms with Crippen LogP contribution in [-0.4, -0.2) is 12.5 Å². The smallest absolute Gasteiger partial charge is 0.249 e. The lowest BCUT2D eigenvalue weighted by molar-refractivity contribution is 0.100. The van der Waals surface area contributed by atoms with Crippen LogP contribution in [0, 0.1) is 0 Å². The Morgan fingerprint density at radius 1 is 1.12 bits per heavy atom. The maximum atomic E-state index is 11.1. The molecule has 0 radical (unpaired) electrons. The molecule has 0 fully saturated rings. The van der Waals surface area contributed by atoms with E-state index >= 15 is 0 Å². The van der Waals surface area contributed by atoms with Crippen LogP contribution in [0.5, 0.6) is 0 Å². The van der Waals surface area contributed by atoms with Crippen molar-refractivity contribution in [1.29, 1.82) is 0 Å². The predicted molar refractivity (Wildman–Crippen MR) is 102 cm³/mol. The Balaban J connectivity index is 1.66. The Hall–Kier alpha value is -2.17. The van der Waals surface area contributed by atoms with Gasteiger partial charge in [-0.3, -0.25) is 4.79 Å². The molecule has 3 rings (SSSR count). The fourth-order valence-corrected chi connectivity index (χ4v) is 3.66. The fraction of sp³-hybridized carbons (Fsp3) is 0.250. The monoisotopic (exact) mass is 338 g/mol. The number of amides is 1. The summed E-state index contributed by atoms with van der Waals surface area (Å²) in [6.07, 6.45) is 0. The number of hydrogen-bond donors (Lipinski definition) is 2. The van der Waals surface area contributed by atoms with E-state index in [4.69, 9.17) is 5.73 Å². The fourth-order valence-electron chi connectivity index (χ4n) is 2.81. The van der Waals surface area contributed by atoms with Gasteiger partial charge in [-0.05, 0) is 22.4 Å². The normalized spacial score (nSPS) is 11.8. The largest absolute Gasteiger partial charge is 0.366 e. The topological polar surface area (TPSA) is 55.1 Å². The molecule has 2 aromatic carbocycles. The molecule has 0 atom stereocenters. The number of thiophene rings is 1. The Bertz CT molecular complexity index is 867. The molecule has 24 heavy (non-hydrogen) atoms. The Kier molecular flexibility index (Phi) is 4.69. The van der Waals surface area contributed by atoms with E-state index in [9.17, 15) is 4.79 Å². The first kappa shape index (κ1) is 16.7. The molecular formula is C20H22N2OS. The summed E-state index contributed by atoms with van der Waals surface area (Å²) >= 11 is 1.56. The molecule has 3 N–H and O–H groups in total. The van der Waals surface area contributed by atoms with E-state index in [1.807, 2.05) is 11.4 Å². The van der Waals surface area contributed by atoms with Crippen molar-refractivity contribution in [3.8, 4) is 0 Å². The highest BCUT2D eigenvalue weighted by molar-refractivity contribution is 7.10. The van der Waals surface area contributed by atoms with Gasteiger partial charge in [-0.1, -0.05) is 56.3 Å². The zero-order valence-electron chi connectivity index (χ0n) is 14.0. The van der Waals surface area contributed by atoms with E-state index in [0.717, 1.165) is 18.0 Å². The third-order valence-corrected chi connectivity index (χ3v) is 5.27. The van der Waals surface area contributed by atoms with Gasteiger partial charge in [0.1, 0.15) is 0 Å². The minimum atomic E-state index is -0.367. The van der Waals surface area contributed by atoms with Crippen LogP contribution in [0.25, 0.3) is 10.8 Å².